The number of anilines is 1. The van der Waals surface area contributed by atoms with Gasteiger partial charge in [-0.3, -0.25) is 5.84 Å². The number of nitrogen functional groups attached to an aromatic ring is 1. The summed E-state index contributed by atoms with van der Waals surface area (Å²) in [7, 11) is 1.70. The molecular formula is C16H24N4O2. The summed E-state index contributed by atoms with van der Waals surface area (Å²) < 4.78 is 10.7. The van der Waals surface area contributed by atoms with Gasteiger partial charge in [-0.2, -0.15) is 0 Å². The molecule has 0 aliphatic rings. The average molecular weight is 304 g/mol. The molecule has 0 amide bonds. The molecular weight excluding hydrogens is 280 g/mol. The van der Waals surface area contributed by atoms with Crippen LogP contribution in [-0.4, -0.2) is 17.3 Å². The van der Waals surface area contributed by atoms with E-state index >= 15 is 0 Å². The van der Waals surface area contributed by atoms with E-state index < -0.39 is 0 Å². The van der Waals surface area contributed by atoms with Crippen molar-refractivity contribution in [3.8, 4) is 5.75 Å². The maximum atomic E-state index is 5.45. The molecule has 1 heterocycles. The fourth-order valence-electron chi connectivity index (χ4n) is 2.45. The van der Waals surface area contributed by atoms with Gasteiger partial charge in [0, 0.05) is 19.0 Å². The molecule has 2 rings (SSSR count). The third-order valence-electron chi connectivity index (χ3n) is 3.60. The van der Waals surface area contributed by atoms with Gasteiger partial charge in [0.2, 0.25) is 11.8 Å². The van der Waals surface area contributed by atoms with Crippen molar-refractivity contribution in [1.29, 1.82) is 0 Å². The van der Waals surface area contributed by atoms with E-state index in [0.717, 1.165) is 55.9 Å². The fourth-order valence-corrected chi connectivity index (χ4v) is 2.45. The number of hydrazine groups is 1. The Morgan fingerprint density at radius 2 is 1.91 bits per heavy atom. The summed E-state index contributed by atoms with van der Waals surface area (Å²) in [6.45, 7) is 1.81. The third-order valence-corrected chi connectivity index (χ3v) is 3.60. The Labute approximate surface area is 131 Å². The minimum atomic E-state index is 0.635. The lowest BCUT2D eigenvalue weighted by Crippen LogP contribution is -2.07. The maximum absolute atomic E-state index is 5.45. The molecule has 120 valence electrons. The minimum Gasteiger partial charge on any atom is -0.496 e. The topological polar surface area (TPSA) is 86.2 Å². The molecule has 0 spiro atoms. The number of nitrogens with one attached hydrogen (secondary N) is 1. The molecule has 0 radical (unpaired) electrons. The summed E-state index contributed by atoms with van der Waals surface area (Å²) in [5, 5.41) is 7.83. The van der Waals surface area contributed by atoms with Crippen LogP contribution in [0.1, 0.15) is 43.0 Å². The largest absolute Gasteiger partial charge is 0.496 e. The van der Waals surface area contributed by atoms with E-state index in [0.29, 0.717) is 5.89 Å². The minimum absolute atomic E-state index is 0.635. The van der Waals surface area contributed by atoms with Crippen molar-refractivity contribution in [3.05, 3.63) is 35.5 Å². The average Bonchev–Trinajstić information content (AvgIpc) is 2.95. The van der Waals surface area contributed by atoms with Gasteiger partial charge in [0.1, 0.15) is 5.75 Å². The first-order chi connectivity index (χ1) is 10.7. The van der Waals surface area contributed by atoms with E-state index in [4.69, 9.17) is 15.0 Å². The van der Waals surface area contributed by atoms with Crippen molar-refractivity contribution in [1.82, 2.24) is 10.2 Å². The molecule has 0 saturated carbocycles. The van der Waals surface area contributed by atoms with Crippen LogP contribution < -0.4 is 16.0 Å². The Morgan fingerprint density at radius 3 is 2.55 bits per heavy atom. The molecule has 6 heteroatoms. The monoisotopic (exact) mass is 304 g/mol. The Kier molecular flexibility index (Phi) is 6.21. The summed E-state index contributed by atoms with van der Waals surface area (Å²) in [5.41, 5.74) is 4.76. The number of hydrogen-bond donors (Lipinski definition) is 2. The predicted molar refractivity (Wildman–Crippen MR) is 85.7 cm³/mol. The smallest absolute Gasteiger partial charge is 0.216 e. The molecule has 1 aromatic heterocycles. The molecule has 3 N–H and O–H groups in total. The molecule has 0 bridgehead atoms. The van der Waals surface area contributed by atoms with Gasteiger partial charge in [0.15, 0.2) is 0 Å². The van der Waals surface area contributed by atoms with Gasteiger partial charge >= 0.3 is 0 Å². The van der Waals surface area contributed by atoms with Gasteiger partial charge in [-0.25, -0.2) is 0 Å². The second-order valence-electron chi connectivity index (χ2n) is 5.30. The normalized spacial score (nSPS) is 10.7. The van der Waals surface area contributed by atoms with Gasteiger partial charge in [-0.15, -0.1) is 10.2 Å². The number of hydrogen-bond acceptors (Lipinski definition) is 6. The molecule has 2 aromatic rings. The van der Waals surface area contributed by atoms with Gasteiger partial charge in [0.25, 0.3) is 0 Å². The standard InChI is InChI=1S/C16H24N4O2/c1-12-19-20-16(22-12)8-6-4-3-5-7-13-11-14(18-17)9-10-15(13)21-2/h9-11,18H,3-8,17H2,1-2H3. The van der Waals surface area contributed by atoms with Gasteiger partial charge < -0.3 is 14.6 Å². The van der Waals surface area contributed by atoms with Crippen molar-refractivity contribution in [2.45, 2.75) is 45.4 Å². The Morgan fingerprint density at radius 1 is 1.14 bits per heavy atom. The predicted octanol–water partition coefficient (Wildman–Crippen LogP) is 3.02. The first-order valence-electron chi connectivity index (χ1n) is 7.65. The SMILES string of the molecule is COc1ccc(NN)cc1CCCCCCc1nnc(C)o1. The van der Waals surface area contributed by atoms with Crippen LogP contribution in [0.4, 0.5) is 5.69 Å². The molecule has 1 aromatic carbocycles. The van der Waals surface area contributed by atoms with Crippen molar-refractivity contribution >= 4 is 5.69 Å². The van der Waals surface area contributed by atoms with Crippen LogP contribution in [0.25, 0.3) is 0 Å². The summed E-state index contributed by atoms with van der Waals surface area (Å²) in [6, 6.07) is 5.90. The molecule has 22 heavy (non-hydrogen) atoms. The van der Waals surface area contributed by atoms with Gasteiger partial charge in [0.05, 0.1) is 7.11 Å². The van der Waals surface area contributed by atoms with Crippen LogP contribution in [0.5, 0.6) is 5.75 Å². The van der Waals surface area contributed by atoms with Crippen LogP contribution in [0, 0.1) is 6.92 Å². The van der Waals surface area contributed by atoms with Crippen LogP contribution in [0.3, 0.4) is 0 Å². The highest BCUT2D eigenvalue weighted by Gasteiger charge is 2.05. The number of ether oxygens (including phenoxy) is 1. The zero-order valence-electron chi connectivity index (χ0n) is 13.3. The third kappa shape index (κ3) is 4.73. The van der Waals surface area contributed by atoms with E-state index in [9.17, 15) is 0 Å². The number of aromatic nitrogens is 2. The molecule has 0 aliphatic carbocycles. The van der Waals surface area contributed by atoms with Crippen molar-refractivity contribution in [3.63, 3.8) is 0 Å². The van der Waals surface area contributed by atoms with Crippen LogP contribution in [0.15, 0.2) is 22.6 Å². The maximum Gasteiger partial charge on any atom is 0.216 e. The Hall–Kier alpha value is -2.08. The number of methoxy groups -OCH3 is 1. The quantitative estimate of drug-likeness (QED) is 0.421. The van der Waals surface area contributed by atoms with E-state index in [1.807, 2.05) is 25.1 Å². The molecule has 0 aliphatic heterocycles. The lowest BCUT2D eigenvalue weighted by Gasteiger charge is -2.10. The summed E-state index contributed by atoms with van der Waals surface area (Å²) >= 11 is 0. The highest BCUT2D eigenvalue weighted by Crippen LogP contribution is 2.24. The number of unbranched alkanes of at least 4 members (excludes halogenated alkanes) is 3. The van der Waals surface area contributed by atoms with Crippen molar-refractivity contribution in [2.24, 2.45) is 5.84 Å². The number of nitrogens with two attached hydrogens (primary N) is 1. The number of benzene rings is 1. The fraction of sp³-hybridized carbons (Fsp3) is 0.500. The van der Waals surface area contributed by atoms with E-state index in [1.54, 1.807) is 7.11 Å². The molecule has 0 saturated heterocycles. The lowest BCUT2D eigenvalue weighted by atomic mass is 10.0. The number of nitrogens with zero attached hydrogens (tertiary/aromatic N) is 2. The zero-order chi connectivity index (χ0) is 15.8. The highest BCUT2D eigenvalue weighted by atomic mass is 16.5. The zero-order valence-corrected chi connectivity index (χ0v) is 13.3. The second kappa shape index (κ2) is 8.38. The first-order valence-corrected chi connectivity index (χ1v) is 7.65. The van der Waals surface area contributed by atoms with E-state index in [-0.39, 0.29) is 0 Å². The van der Waals surface area contributed by atoms with Crippen LogP contribution in [-0.2, 0) is 12.8 Å². The van der Waals surface area contributed by atoms with Crippen LogP contribution >= 0.6 is 0 Å². The summed E-state index contributed by atoms with van der Waals surface area (Å²) in [5.74, 6) is 7.74. The number of rotatable bonds is 9. The lowest BCUT2D eigenvalue weighted by molar-refractivity contribution is 0.408. The molecule has 6 nitrogen and oxygen atoms in total. The molecule has 0 atom stereocenters. The summed E-state index contributed by atoms with van der Waals surface area (Å²) in [6.07, 6.45) is 6.35. The van der Waals surface area contributed by atoms with E-state index in [2.05, 4.69) is 15.6 Å². The van der Waals surface area contributed by atoms with Crippen molar-refractivity contribution in [2.75, 3.05) is 12.5 Å². The Bertz CT molecular complexity index is 583. The first kappa shape index (κ1) is 16.3. The molecule has 0 fully saturated rings. The van der Waals surface area contributed by atoms with Gasteiger partial charge in [-0.1, -0.05) is 12.8 Å². The van der Waals surface area contributed by atoms with Gasteiger partial charge in [-0.05, 0) is 43.0 Å². The van der Waals surface area contributed by atoms with Crippen molar-refractivity contribution < 1.29 is 9.15 Å². The summed E-state index contributed by atoms with van der Waals surface area (Å²) in [4.78, 5) is 0. The van der Waals surface area contributed by atoms with E-state index in [1.165, 1.54) is 5.56 Å². The molecule has 0 unspecified atom stereocenters. The highest BCUT2D eigenvalue weighted by molar-refractivity contribution is 5.50. The number of aryl methyl sites for hydroxylation is 3. The Balaban J connectivity index is 1.70. The van der Waals surface area contributed by atoms with Crippen LogP contribution in [0.2, 0.25) is 0 Å². The second-order valence-corrected chi connectivity index (χ2v) is 5.30.